The van der Waals surface area contributed by atoms with Gasteiger partial charge in [-0.05, 0) is 61.1 Å². The zero-order valence-electron chi connectivity index (χ0n) is 15.9. The largest absolute Gasteiger partial charge is 0.324 e. The van der Waals surface area contributed by atoms with Crippen molar-refractivity contribution < 1.29 is 9.59 Å². The molecule has 4 nitrogen and oxygen atoms in total. The summed E-state index contributed by atoms with van der Waals surface area (Å²) in [6.07, 6.45) is 0.635. The van der Waals surface area contributed by atoms with Crippen molar-refractivity contribution in [2.45, 2.75) is 46.7 Å². The number of nitrogens with one attached hydrogen (secondary N) is 1. The lowest BCUT2D eigenvalue weighted by atomic mass is 10.0. The first-order valence-corrected chi connectivity index (χ1v) is 9.13. The predicted octanol–water partition coefficient (Wildman–Crippen LogP) is 4.31. The smallest absolute Gasteiger partial charge is 0.255 e. The third-order valence-electron chi connectivity index (χ3n) is 4.71. The van der Waals surface area contributed by atoms with Gasteiger partial charge in [-0.25, -0.2) is 0 Å². The molecule has 2 amide bonds. The standard InChI is InChI=1S/C22H26N2O2/c1-14(2)9-20(21(25)23-18-11-15(3)10-16(4)12-18)24-13-17-7-5-6-8-19(17)22(24)26/h5-8,10-12,14,20H,9,13H2,1-4H3,(H,23,25)/t20-/m0/s1. The van der Waals surface area contributed by atoms with Crippen LogP contribution in [0.3, 0.4) is 0 Å². The van der Waals surface area contributed by atoms with Gasteiger partial charge < -0.3 is 10.2 Å². The molecule has 0 radical (unpaired) electrons. The van der Waals surface area contributed by atoms with E-state index >= 15 is 0 Å². The summed E-state index contributed by atoms with van der Waals surface area (Å²) in [5.41, 5.74) is 4.69. The summed E-state index contributed by atoms with van der Waals surface area (Å²) in [5, 5.41) is 3.02. The fourth-order valence-corrected chi connectivity index (χ4v) is 3.62. The number of benzene rings is 2. The third kappa shape index (κ3) is 3.79. The molecule has 0 saturated carbocycles. The van der Waals surface area contributed by atoms with E-state index in [4.69, 9.17) is 0 Å². The van der Waals surface area contributed by atoms with E-state index in [2.05, 4.69) is 25.2 Å². The van der Waals surface area contributed by atoms with Crippen LogP contribution in [0.2, 0.25) is 0 Å². The predicted molar refractivity (Wildman–Crippen MR) is 104 cm³/mol. The van der Waals surface area contributed by atoms with E-state index in [0.717, 1.165) is 22.4 Å². The molecule has 0 unspecified atom stereocenters. The van der Waals surface area contributed by atoms with Crippen molar-refractivity contribution in [3.05, 3.63) is 64.7 Å². The van der Waals surface area contributed by atoms with Gasteiger partial charge in [0.05, 0.1) is 0 Å². The summed E-state index contributed by atoms with van der Waals surface area (Å²) in [5.74, 6) is 0.133. The fourth-order valence-electron chi connectivity index (χ4n) is 3.62. The second-order valence-electron chi connectivity index (χ2n) is 7.60. The second-order valence-corrected chi connectivity index (χ2v) is 7.60. The maximum absolute atomic E-state index is 13.0. The molecule has 2 aromatic rings. The molecule has 26 heavy (non-hydrogen) atoms. The van der Waals surface area contributed by atoms with Crippen molar-refractivity contribution in [2.75, 3.05) is 5.32 Å². The molecule has 1 atom stereocenters. The summed E-state index contributed by atoms with van der Waals surface area (Å²) >= 11 is 0. The third-order valence-corrected chi connectivity index (χ3v) is 4.71. The molecule has 1 N–H and O–H groups in total. The van der Waals surface area contributed by atoms with Crippen LogP contribution in [0, 0.1) is 19.8 Å². The molecule has 136 valence electrons. The Morgan fingerprint density at radius 2 is 1.77 bits per heavy atom. The van der Waals surface area contributed by atoms with Gasteiger partial charge in [-0.3, -0.25) is 9.59 Å². The number of fused-ring (bicyclic) bond motifs is 1. The van der Waals surface area contributed by atoms with Crippen molar-refractivity contribution in [1.29, 1.82) is 0 Å². The highest BCUT2D eigenvalue weighted by molar-refractivity contribution is 6.03. The van der Waals surface area contributed by atoms with Gasteiger partial charge >= 0.3 is 0 Å². The Balaban J connectivity index is 1.84. The molecule has 3 rings (SSSR count). The number of amides is 2. The average molecular weight is 350 g/mol. The number of rotatable bonds is 5. The minimum absolute atomic E-state index is 0.0539. The van der Waals surface area contributed by atoms with Crippen LogP contribution in [-0.4, -0.2) is 22.8 Å². The van der Waals surface area contributed by atoms with Gasteiger partial charge in [0.1, 0.15) is 6.04 Å². The highest BCUT2D eigenvalue weighted by Crippen LogP contribution is 2.27. The molecular weight excluding hydrogens is 324 g/mol. The van der Waals surface area contributed by atoms with E-state index in [1.807, 2.05) is 50.2 Å². The van der Waals surface area contributed by atoms with Crippen LogP contribution in [0.25, 0.3) is 0 Å². The van der Waals surface area contributed by atoms with E-state index in [1.165, 1.54) is 0 Å². The minimum atomic E-state index is -0.476. The van der Waals surface area contributed by atoms with Crippen molar-refractivity contribution in [2.24, 2.45) is 5.92 Å². The summed E-state index contributed by atoms with van der Waals surface area (Å²) in [6.45, 7) is 8.66. The first-order chi connectivity index (χ1) is 12.3. The summed E-state index contributed by atoms with van der Waals surface area (Å²) in [6, 6.07) is 13.1. The fraction of sp³-hybridized carbons (Fsp3) is 0.364. The number of carbonyl (C=O) groups is 2. The maximum atomic E-state index is 13.0. The van der Waals surface area contributed by atoms with E-state index in [-0.39, 0.29) is 11.8 Å². The Bertz CT molecular complexity index is 822. The summed E-state index contributed by atoms with van der Waals surface area (Å²) < 4.78 is 0. The van der Waals surface area contributed by atoms with Gasteiger partial charge in [0.2, 0.25) is 5.91 Å². The minimum Gasteiger partial charge on any atom is -0.324 e. The van der Waals surface area contributed by atoms with Crippen LogP contribution in [0.5, 0.6) is 0 Å². The topological polar surface area (TPSA) is 49.4 Å². The monoisotopic (exact) mass is 350 g/mol. The van der Waals surface area contributed by atoms with Crippen molar-refractivity contribution in [3.8, 4) is 0 Å². The maximum Gasteiger partial charge on any atom is 0.255 e. The summed E-state index contributed by atoms with van der Waals surface area (Å²) in [4.78, 5) is 27.6. The molecule has 1 aliphatic rings. The Morgan fingerprint density at radius 3 is 2.38 bits per heavy atom. The number of nitrogens with zero attached hydrogens (tertiary/aromatic N) is 1. The molecule has 0 aromatic heterocycles. The van der Waals surface area contributed by atoms with Gasteiger partial charge in [-0.1, -0.05) is 38.1 Å². The van der Waals surface area contributed by atoms with Crippen molar-refractivity contribution >= 4 is 17.5 Å². The number of aryl methyl sites for hydroxylation is 2. The highest BCUT2D eigenvalue weighted by Gasteiger charge is 2.36. The highest BCUT2D eigenvalue weighted by atomic mass is 16.2. The molecule has 1 heterocycles. The first-order valence-electron chi connectivity index (χ1n) is 9.13. The van der Waals surface area contributed by atoms with Gasteiger partial charge in [0.15, 0.2) is 0 Å². The first kappa shape index (κ1) is 18.2. The van der Waals surface area contributed by atoms with Crippen molar-refractivity contribution in [1.82, 2.24) is 4.90 Å². The number of hydrogen-bond acceptors (Lipinski definition) is 2. The molecule has 4 heteroatoms. The van der Waals surface area contributed by atoms with Gasteiger partial charge in [-0.15, -0.1) is 0 Å². The van der Waals surface area contributed by atoms with Gasteiger partial charge in [0.25, 0.3) is 5.91 Å². The van der Waals surface area contributed by atoms with Gasteiger partial charge in [0, 0.05) is 17.8 Å². The zero-order valence-corrected chi connectivity index (χ0v) is 15.9. The average Bonchev–Trinajstić information content (AvgIpc) is 2.88. The van der Waals surface area contributed by atoms with Gasteiger partial charge in [-0.2, -0.15) is 0 Å². The molecule has 0 fully saturated rings. The lowest BCUT2D eigenvalue weighted by Gasteiger charge is -2.28. The molecule has 2 aromatic carbocycles. The molecule has 0 saturated heterocycles. The quantitative estimate of drug-likeness (QED) is 0.873. The molecular formula is C22H26N2O2. The van der Waals surface area contributed by atoms with E-state index in [9.17, 15) is 9.59 Å². The number of anilines is 1. The lowest BCUT2D eigenvalue weighted by molar-refractivity contribution is -0.121. The SMILES string of the molecule is Cc1cc(C)cc(NC(=O)[C@H](CC(C)C)N2Cc3ccccc3C2=O)c1. The zero-order chi connectivity index (χ0) is 18.8. The van der Waals surface area contributed by atoms with E-state index in [1.54, 1.807) is 4.90 Å². The van der Waals surface area contributed by atoms with Crippen LogP contribution in [-0.2, 0) is 11.3 Å². The summed E-state index contributed by atoms with van der Waals surface area (Å²) in [7, 11) is 0. The Labute approximate surface area is 155 Å². The molecule has 1 aliphatic heterocycles. The molecule has 0 aliphatic carbocycles. The van der Waals surface area contributed by atoms with Crippen LogP contribution >= 0.6 is 0 Å². The molecule has 0 bridgehead atoms. The number of carbonyl (C=O) groups excluding carboxylic acids is 2. The Kier molecular flexibility index (Phi) is 5.12. The van der Waals surface area contributed by atoms with E-state index < -0.39 is 6.04 Å². The lowest BCUT2D eigenvalue weighted by Crippen LogP contribution is -2.45. The van der Waals surface area contributed by atoms with Crippen molar-refractivity contribution in [3.63, 3.8) is 0 Å². The van der Waals surface area contributed by atoms with Crippen LogP contribution < -0.4 is 5.32 Å². The number of hydrogen-bond donors (Lipinski definition) is 1. The van der Waals surface area contributed by atoms with E-state index in [0.29, 0.717) is 24.4 Å². The molecule has 0 spiro atoms. The van der Waals surface area contributed by atoms with Crippen LogP contribution in [0.15, 0.2) is 42.5 Å². The Morgan fingerprint density at radius 1 is 1.12 bits per heavy atom. The van der Waals surface area contributed by atoms with Crippen LogP contribution in [0.1, 0.15) is 47.3 Å². The Hall–Kier alpha value is -2.62. The normalized spacial score (nSPS) is 14.5. The van der Waals surface area contributed by atoms with Crippen LogP contribution in [0.4, 0.5) is 5.69 Å². The second kappa shape index (κ2) is 7.32.